The van der Waals surface area contributed by atoms with Crippen molar-refractivity contribution in [2.45, 2.75) is 38.8 Å². The quantitative estimate of drug-likeness (QED) is 0.491. The minimum Gasteiger partial charge on any atom is -0.290 e. The monoisotopic (exact) mass is 166 g/mol. The number of hydrogen-bond donors (Lipinski definition) is 1. The van der Waals surface area contributed by atoms with Gasteiger partial charge in [-0.1, -0.05) is 31.9 Å². The van der Waals surface area contributed by atoms with Crippen LogP contribution in [-0.4, -0.2) is 18.9 Å². The summed E-state index contributed by atoms with van der Waals surface area (Å²) in [4.78, 5) is 4.27. The van der Waals surface area contributed by atoms with Gasteiger partial charge in [0.05, 0.1) is 0 Å². The van der Waals surface area contributed by atoms with Crippen molar-refractivity contribution in [1.82, 2.24) is 5.32 Å². The van der Waals surface area contributed by atoms with Crippen LogP contribution in [0.15, 0.2) is 17.1 Å². The van der Waals surface area contributed by atoms with Crippen LogP contribution < -0.4 is 5.32 Å². The maximum absolute atomic E-state index is 4.27. The van der Waals surface area contributed by atoms with Crippen LogP contribution in [0.1, 0.15) is 32.6 Å². The number of nitrogens with zero attached hydrogens (tertiary/aromatic N) is 1. The summed E-state index contributed by atoms with van der Waals surface area (Å²) in [5.41, 5.74) is 0. The lowest BCUT2D eigenvalue weighted by atomic mass is 10.2. The van der Waals surface area contributed by atoms with E-state index in [0.717, 1.165) is 13.0 Å². The fraction of sp³-hybridized carbons (Fsp3) is 0.700. The third kappa shape index (κ3) is 3.67. The normalized spacial score (nSPS) is 22.6. The molecule has 1 rings (SSSR count). The fourth-order valence-electron chi connectivity index (χ4n) is 1.23. The molecule has 0 bridgehead atoms. The summed E-state index contributed by atoms with van der Waals surface area (Å²) in [7, 11) is 0. The Morgan fingerprint density at radius 1 is 1.58 bits per heavy atom. The summed E-state index contributed by atoms with van der Waals surface area (Å²) < 4.78 is 0. The highest BCUT2D eigenvalue weighted by molar-refractivity contribution is 5.61. The third-order valence-electron chi connectivity index (χ3n) is 1.98. The molecule has 0 aromatic rings. The molecule has 1 atom stereocenters. The molecule has 2 nitrogen and oxygen atoms in total. The van der Waals surface area contributed by atoms with Crippen LogP contribution in [-0.2, 0) is 0 Å². The first-order valence-electron chi connectivity index (χ1n) is 4.83. The van der Waals surface area contributed by atoms with Crippen molar-refractivity contribution in [3.63, 3.8) is 0 Å². The van der Waals surface area contributed by atoms with E-state index in [1.165, 1.54) is 19.3 Å². The van der Waals surface area contributed by atoms with Gasteiger partial charge < -0.3 is 0 Å². The maximum atomic E-state index is 4.27. The Hall–Kier alpha value is -0.630. The lowest BCUT2D eigenvalue weighted by Gasteiger charge is -2.02. The van der Waals surface area contributed by atoms with E-state index in [0.29, 0.717) is 6.17 Å². The lowest BCUT2D eigenvalue weighted by molar-refractivity contribution is 0.610. The summed E-state index contributed by atoms with van der Waals surface area (Å²) in [6.45, 7) is 3.16. The van der Waals surface area contributed by atoms with Crippen LogP contribution in [0.2, 0.25) is 0 Å². The highest BCUT2D eigenvalue weighted by Crippen LogP contribution is 2.01. The van der Waals surface area contributed by atoms with Gasteiger partial charge in [-0.25, -0.2) is 0 Å². The molecule has 0 aliphatic carbocycles. The van der Waals surface area contributed by atoms with Gasteiger partial charge in [0.15, 0.2) is 0 Å². The van der Waals surface area contributed by atoms with Gasteiger partial charge in [0.25, 0.3) is 0 Å². The topological polar surface area (TPSA) is 24.4 Å². The Bertz CT molecular complexity index is 161. The first-order valence-corrected chi connectivity index (χ1v) is 4.83. The van der Waals surface area contributed by atoms with Gasteiger partial charge in [0.1, 0.15) is 6.17 Å². The van der Waals surface area contributed by atoms with Gasteiger partial charge in [-0.3, -0.25) is 10.3 Å². The molecule has 0 amide bonds. The maximum Gasteiger partial charge on any atom is 0.103 e. The predicted molar refractivity (Wildman–Crippen MR) is 53.6 cm³/mol. The summed E-state index contributed by atoms with van der Waals surface area (Å²) >= 11 is 0. The van der Waals surface area contributed by atoms with Crippen molar-refractivity contribution in [2.75, 3.05) is 6.54 Å². The lowest BCUT2D eigenvalue weighted by Crippen LogP contribution is -2.20. The number of allylic oxidation sites excluding steroid dienone is 1. The van der Waals surface area contributed by atoms with Crippen molar-refractivity contribution in [3.05, 3.63) is 12.2 Å². The number of hydrogen-bond acceptors (Lipinski definition) is 2. The second-order valence-corrected chi connectivity index (χ2v) is 3.11. The Balaban J connectivity index is 2.00. The molecular formula is C10H18N2. The number of aliphatic imine (C=N–C) groups is 1. The molecular weight excluding hydrogens is 148 g/mol. The SMILES string of the molecule is CCCC/C=C/CC1N=CCN1. The van der Waals surface area contributed by atoms with Crippen molar-refractivity contribution in [2.24, 2.45) is 4.99 Å². The first-order chi connectivity index (χ1) is 5.93. The highest BCUT2D eigenvalue weighted by atomic mass is 15.1. The Morgan fingerprint density at radius 2 is 2.50 bits per heavy atom. The van der Waals surface area contributed by atoms with Crippen LogP contribution in [0.25, 0.3) is 0 Å². The van der Waals surface area contributed by atoms with Gasteiger partial charge in [-0.2, -0.15) is 0 Å². The molecule has 1 aliphatic heterocycles. The Morgan fingerprint density at radius 3 is 3.17 bits per heavy atom. The van der Waals surface area contributed by atoms with Crippen LogP contribution in [0.5, 0.6) is 0 Å². The summed E-state index contributed by atoms with van der Waals surface area (Å²) in [6, 6.07) is 0. The van der Waals surface area contributed by atoms with Gasteiger partial charge in [-0.05, 0) is 6.42 Å². The minimum atomic E-state index is 0.350. The summed E-state index contributed by atoms with van der Waals surface area (Å²) in [6.07, 6.45) is 11.6. The predicted octanol–water partition coefficient (Wildman–Crippen LogP) is 2.12. The molecule has 0 spiro atoms. The first kappa shape index (κ1) is 9.46. The standard InChI is InChI=1S/C10H18N2/c1-2-3-4-5-6-7-10-11-8-9-12-10/h5-6,8,10,12H,2-4,7,9H2,1H3/b6-5+. The van der Waals surface area contributed by atoms with E-state index in [9.17, 15) is 0 Å². The molecule has 0 saturated carbocycles. The molecule has 0 aromatic carbocycles. The van der Waals surface area contributed by atoms with E-state index in [4.69, 9.17) is 0 Å². The molecule has 12 heavy (non-hydrogen) atoms. The molecule has 0 saturated heterocycles. The van der Waals surface area contributed by atoms with Crippen LogP contribution in [0, 0.1) is 0 Å². The van der Waals surface area contributed by atoms with E-state index in [2.05, 4.69) is 29.4 Å². The van der Waals surface area contributed by atoms with E-state index in [1.807, 2.05) is 6.21 Å². The molecule has 1 N–H and O–H groups in total. The van der Waals surface area contributed by atoms with Crippen molar-refractivity contribution >= 4 is 6.21 Å². The molecule has 0 radical (unpaired) electrons. The summed E-state index contributed by atoms with van der Waals surface area (Å²) in [5, 5.41) is 3.27. The van der Waals surface area contributed by atoms with Gasteiger partial charge in [-0.15, -0.1) is 0 Å². The van der Waals surface area contributed by atoms with Crippen molar-refractivity contribution < 1.29 is 0 Å². The summed E-state index contributed by atoms with van der Waals surface area (Å²) in [5.74, 6) is 0. The second-order valence-electron chi connectivity index (χ2n) is 3.11. The highest BCUT2D eigenvalue weighted by Gasteiger charge is 2.05. The van der Waals surface area contributed by atoms with E-state index < -0.39 is 0 Å². The Kier molecular flexibility index (Phi) is 4.69. The van der Waals surface area contributed by atoms with Crippen molar-refractivity contribution in [1.29, 1.82) is 0 Å². The van der Waals surface area contributed by atoms with E-state index in [-0.39, 0.29) is 0 Å². The van der Waals surface area contributed by atoms with Gasteiger partial charge >= 0.3 is 0 Å². The molecule has 0 fully saturated rings. The van der Waals surface area contributed by atoms with E-state index >= 15 is 0 Å². The largest absolute Gasteiger partial charge is 0.290 e. The zero-order chi connectivity index (χ0) is 8.65. The minimum absolute atomic E-state index is 0.350. The van der Waals surface area contributed by atoms with E-state index in [1.54, 1.807) is 0 Å². The number of rotatable bonds is 5. The molecule has 1 aliphatic rings. The zero-order valence-corrected chi connectivity index (χ0v) is 7.79. The molecule has 1 heterocycles. The number of unbranched alkanes of at least 4 members (excludes halogenated alkanes) is 2. The average molecular weight is 166 g/mol. The average Bonchev–Trinajstić information content (AvgIpc) is 2.57. The van der Waals surface area contributed by atoms with Gasteiger partial charge in [0, 0.05) is 19.2 Å². The van der Waals surface area contributed by atoms with Crippen LogP contribution >= 0.6 is 0 Å². The van der Waals surface area contributed by atoms with Gasteiger partial charge in [0.2, 0.25) is 0 Å². The Labute approximate surface area is 74.8 Å². The molecule has 0 aromatic heterocycles. The molecule has 68 valence electrons. The second kappa shape index (κ2) is 5.95. The van der Waals surface area contributed by atoms with Crippen LogP contribution in [0.3, 0.4) is 0 Å². The molecule has 1 unspecified atom stereocenters. The molecule has 2 heteroatoms. The number of nitrogens with one attached hydrogen (secondary N) is 1. The zero-order valence-electron chi connectivity index (χ0n) is 7.79. The van der Waals surface area contributed by atoms with Crippen molar-refractivity contribution in [3.8, 4) is 0 Å². The van der Waals surface area contributed by atoms with Crippen LogP contribution in [0.4, 0.5) is 0 Å². The third-order valence-corrected chi connectivity index (χ3v) is 1.98. The smallest absolute Gasteiger partial charge is 0.103 e. The fourth-order valence-corrected chi connectivity index (χ4v) is 1.23.